The van der Waals surface area contributed by atoms with Crippen molar-refractivity contribution in [3.63, 3.8) is 0 Å². The summed E-state index contributed by atoms with van der Waals surface area (Å²) in [5, 5.41) is 0. The van der Waals surface area contributed by atoms with Crippen molar-refractivity contribution in [2.24, 2.45) is 5.92 Å². The van der Waals surface area contributed by atoms with Crippen LogP contribution in [0.3, 0.4) is 0 Å². The molecule has 0 N–H and O–H groups in total. The molecule has 0 bridgehead atoms. The van der Waals surface area contributed by atoms with Gasteiger partial charge in [0.15, 0.2) is 0 Å². The molecule has 2 nitrogen and oxygen atoms in total. The third-order valence-electron chi connectivity index (χ3n) is 4.64. The van der Waals surface area contributed by atoms with Gasteiger partial charge in [0.1, 0.15) is 18.1 Å². The van der Waals surface area contributed by atoms with E-state index >= 15 is 0 Å². The second-order valence-corrected chi connectivity index (χ2v) is 6.32. The van der Waals surface area contributed by atoms with E-state index in [9.17, 15) is 0 Å². The van der Waals surface area contributed by atoms with Crippen LogP contribution in [0.2, 0.25) is 0 Å². The highest BCUT2D eigenvalue weighted by atomic mass is 16.5. The summed E-state index contributed by atoms with van der Waals surface area (Å²) in [6.07, 6.45) is 4.19. The van der Waals surface area contributed by atoms with Crippen LogP contribution < -0.4 is 9.47 Å². The molecule has 1 aliphatic carbocycles. The molecule has 2 aromatic carbocycles. The fourth-order valence-electron chi connectivity index (χ4n) is 3.02. The molecule has 0 aromatic heterocycles. The molecule has 0 heterocycles. The Morgan fingerprint density at radius 3 is 2.58 bits per heavy atom. The fraction of sp³-hybridized carbons (Fsp3) is 0.273. The monoisotopic (exact) mass is 320 g/mol. The summed E-state index contributed by atoms with van der Waals surface area (Å²) in [6, 6.07) is 16.2. The number of rotatable bonds is 7. The number of ether oxygens (including phenoxy) is 2. The molecule has 124 valence electrons. The topological polar surface area (TPSA) is 18.5 Å². The Hall–Kier alpha value is -2.48. The van der Waals surface area contributed by atoms with Crippen molar-refractivity contribution in [3.8, 4) is 11.5 Å². The molecule has 0 unspecified atom stereocenters. The van der Waals surface area contributed by atoms with Gasteiger partial charge in [0.25, 0.3) is 0 Å². The molecule has 2 heteroatoms. The SMILES string of the molecule is C=C(Cc1cc(OC)ccc1OCc1ccccc1)[C@@H]1CC=C1C. The van der Waals surface area contributed by atoms with E-state index in [1.807, 2.05) is 30.3 Å². The van der Waals surface area contributed by atoms with Crippen molar-refractivity contribution in [1.82, 2.24) is 0 Å². The summed E-state index contributed by atoms with van der Waals surface area (Å²) < 4.78 is 11.5. The molecule has 24 heavy (non-hydrogen) atoms. The first kappa shape index (κ1) is 16.4. The lowest BCUT2D eigenvalue weighted by Crippen LogP contribution is -2.14. The third kappa shape index (κ3) is 3.70. The first-order valence-electron chi connectivity index (χ1n) is 8.35. The van der Waals surface area contributed by atoms with Crippen molar-refractivity contribution in [2.75, 3.05) is 7.11 Å². The van der Waals surface area contributed by atoms with Gasteiger partial charge < -0.3 is 9.47 Å². The highest BCUT2D eigenvalue weighted by Gasteiger charge is 2.21. The summed E-state index contributed by atoms with van der Waals surface area (Å²) in [4.78, 5) is 0. The van der Waals surface area contributed by atoms with E-state index < -0.39 is 0 Å². The summed E-state index contributed by atoms with van der Waals surface area (Å²) >= 11 is 0. The lowest BCUT2D eigenvalue weighted by molar-refractivity contribution is 0.302. The normalized spacial score (nSPS) is 16.1. The summed E-state index contributed by atoms with van der Waals surface area (Å²) in [5.74, 6) is 2.27. The van der Waals surface area contributed by atoms with E-state index in [1.54, 1.807) is 7.11 Å². The van der Waals surface area contributed by atoms with Gasteiger partial charge in [-0.1, -0.05) is 54.1 Å². The van der Waals surface area contributed by atoms with Gasteiger partial charge in [0, 0.05) is 11.5 Å². The van der Waals surface area contributed by atoms with Crippen LogP contribution in [0.15, 0.2) is 72.3 Å². The zero-order chi connectivity index (χ0) is 16.9. The molecular weight excluding hydrogens is 296 g/mol. The molecule has 2 aromatic rings. The Balaban J connectivity index is 1.75. The summed E-state index contributed by atoms with van der Waals surface area (Å²) in [7, 11) is 1.69. The molecule has 1 atom stereocenters. The number of allylic oxidation sites excluding steroid dienone is 3. The highest BCUT2D eigenvalue weighted by Crippen LogP contribution is 2.36. The molecule has 0 saturated heterocycles. The number of hydrogen-bond acceptors (Lipinski definition) is 2. The quantitative estimate of drug-likeness (QED) is 0.641. The van der Waals surface area contributed by atoms with Gasteiger partial charge in [-0.05, 0) is 43.5 Å². The van der Waals surface area contributed by atoms with Crippen molar-refractivity contribution in [1.29, 1.82) is 0 Å². The van der Waals surface area contributed by atoms with Crippen LogP contribution in [0.4, 0.5) is 0 Å². The molecule has 0 amide bonds. The van der Waals surface area contributed by atoms with E-state index in [-0.39, 0.29) is 0 Å². The van der Waals surface area contributed by atoms with Crippen LogP contribution in [0, 0.1) is 5.92 Å². The van der Waals surface area contributed by atoms with Crippen molar-refractivity contribution in [2.45, 2.75) is 26.4 Å². The van der Waals surface area contributed by atoms with E-state index in [2.05, 4.69) is 37.8 Å². The van der Waals surface area contributed by atoms with Crippen molar-refractivity contribution >= 4 is 0 Å². The van der Waals surface area contributed by atoms with Gasteiger partial charge in [-0.25, -0.2) is 0 Å². The maximum Gasteiger partial charge on any atom is 0.123 e. The van der Waals surface area contributed by atoms with Gasteiger partial charge in [-0.15, -0.1) is 0 Å². The second-order valence-electron chi connectivity index (χ2n) is 6.32. The van der Waals surface area contributed by atoms with Gasteiger partial charge >= 0.3 is 0 Å². The summed E-state index contributed by atoms with van der Waals surface area (Å²) in [6.45, 7) is 7.04. The van der Waals surface area contributed by atoms with Crippen LogP contribution in [0.1, 0.15) is 24.5 Å². The Bertz CT molecular complexity index is 744. The molecule has 0 spiro atoms. The molecule has 0 aliphatic heterocycles. The minimum absolute atomic E-state index is 0.512. The van der Waals surface area contributed by atoms with Crippen LogP contribution in [0.5, 0.6) is 11.5 Å². The first-order chi connectivity index (χ1) is 11.7. The Morgan fingerprint density at radius 1 is 1.17 bits per heavy atom. The fourth-order valence-corrected chi connectivity index (χ4v) is 3.02. The van der Waals surface area contributed by atoms with Gasteiger partial charge in [0.05, 0.1) is 7.11 Å². The molecular formula is C22H24O2. The van der Waals surface area contributed by atoms with E-state index in [0.717, 1.165) is 35.5 Å². The Kier molecular flexibility index (Phi) is 5.05. The lowest BCUT2D eigenvalue weighted by atomic mass is 9.78. The maximum atomic E-state index is 6.07. The largest absolute Gasteiger partial charge is 0.497 e. The number of methoxy groups -OCH3 is 1. The van der Waals surface area contributed by atoms with Gasteiger partial charge in [-0.3, -0.25) is 0 Å². The molecule has 3 rings (SSSR count). The zero-order valence-electron chi connectivity index (χ0n) is 14.4. The molecule has 0 radical (unpaired) electrons. The van der Waals surface area contributed by atoms with Gasteiger partial charge in [-0.2, -0.15) is 0 Å². The van der Waals surface area contributed by atoms with E-state index in [0.29, 0.717) is 12.5 Å². The highest BCUT2D eigenvalue weighted by molar-refractivity contribution is 5.43. The van der Waals surface area contributed by atoms with E-state index in [1.165, 1.54) is 11.1 Å². The molecule has 1 aliphatic rings. The minimum atomic E-state index is 0.512. The van der Waals surface area contributed by atoms with Crippen LogP contribution in [-0.4, -0.2) is 7.11 Å². The standard InChI is InChI=1S/C22H24O2/c1-16-9-11-21(16)17(2)13-19-14-20(23-3)10-12-22(19)24-15-18-7-5-4-6-8-18/h4-10,12,14,21H,2,11,13,15H2,1,3H3/t21-/m1/s1. The Morgan fingerprint density at radius 2 is 1.96 bits per heavy atom. The zero-order valence-corrected chi connectivity index (χ0v) is 14.4. The maximum absolute atomic E-state index is 6.07. The number of benzene rings is 2. The third-order valence-corrected chi connectivity index (χ3v) is 4.64. The van der Waals surface area contributed by atoms with Crippen LogP contribution in [0.25, 0.3) is 0 Å². The minimum Gasteiger partial charge on any atom is -0.497 e. The van der Waals surface area contributed by atoms with E-state index in [4.69, 9.17) is 9.47 Å². The van der Waals surface area contributed by atoms with Crippen LogP contribution >= 0.6 is 0 Å². The Labute approximate surface area is 144 Å². The second kappa shape index (κ2) is 7.39. The van der Waals surface area contributed by atoms with Crippen LogP contribution in [-0.2, 0) is 13.0 Å². The molecule has 0 saturated carbocycles. The smallest absolute Gasteiger partial charge is 0.123 e. The predicted molar refractivity (Wildman–Crippen MR) is 98.5 cm³/mol. The molecule has 0 fully saturated rings. The predicted octanol–water partition coefficient (Wildman–Crippen LogP) is 5.34. The lowest BCUT2D eigenvalue weighted by Gasteiger charge is -2.27. The average molecular weight is 320 g/mol. The number of hydrogen-bond donors (Lipinski definition) is 0. The average Bonchev–Trinajstić information content (AvgIpc) is 2.60. The van der Waals surface area contributed by atoms with Gasteiger partial charge in [0.2, 0.25) is 0 Å². The van der Waals surface area contributed by atoms with Crippen molar-refractivity contribution < 1.29 is 9.47 Å². The first-order valence-corrected chi connectivity index (χ1v) is 8.35. The summed E-state index contributed by atoms with van der Waals surface area (Å²) in [5.41, 5.74) is 4.97. The van der Waals surface area contributed by atoms with Crippen molar-refractivity contribution in [3.05, 3.63) is 83.5 Å².